The van der Waals surface area contributed by atoms with Gasteiger partial charge in [0.05, 0.1) is 19.8 Å². The van der Waals surface area contributed by atoms with E-state index in [1.165, 1.54) is 11.1 Å². The van der Waals surface area contributed by atoms with Gasteiger partial charge in [-0.15, -0.1) is 0 Å². The second kappa shape index (κ2) is 6.63. The maximum atomic E-state index is 9.87. The van der Waals surface area contributed by atoms with Crippen LogP contribution in [0.4, 0.5) is 0 Å². The van der Waals surface area contributed by atoms with Gasteiger partial charge in [-0.1, -0.05) is 18.2 Å². The predicted octanol–water partition coefficient (Wildman–Crippen LogP) is 2.00. The summed E-state index contributed by atoms with van der Waals surface area (Å²) in [6.45, 7) is 5.47. The Hall–Kier alpha value is -0.900. The molecule has 0 amide bonds. The molecule has 0 saturated heterocycles. The zero-order chi connectivity index (χ0) is 12.0. The third-order valence-corrected chi connectivity index (χ3v) is 2.62. The van der Waals surface area contributed by atoms with E-state index in [0.29, 0.717) is 19.8 Å². The van der Waals surface area contributed by atoms with Crippen molar-refractivity contribution in [1.82, 2.24) is 0 Å². The average Bonchev–Trinajstić information content (AvgIpc) is 2.28. The zero-order valence-electron chi connectivity index (χ0n) is 10.2. The minimum atomic E-state index is -0.559. The molecule has 3 heteroatoms. The molecule has 0 aromatic heterocycles. The lowest BCUT2D eigenvalue weighted by molar-refractivity contribution is 0.0126. The normalized spacial score (nSPS) is 12.8. The summed E-state index contributed by atoms with van der Waals surface area (Å²) in [5.74, 6) is 0. The van der Waals surface area contributed by atoms with Gasteiger partial charge < -0.3 is 14.6 Å². The highest BCUT2D eigenvalue weighted by Crippen LogP contribution is 2.17. The molecule has 3 nitrogen and oxygen atoms in total. The minimum Gasteiger partial charge on any atom is -0.386 e. The summed E-state index contributed by atoms with van der Waals surface area (Å²) in [5.41, 5.74) is 3.32. The van der Waals surface area contributed by atoms with E-state index in [1.807, 2.05) is 25.1 Å². The summed E-state index contributed by atoms with van der Waals surface area (Å²) < 4.78 is 10.1. The quantitative estimate of drug-likeness (QED) is 0.751. The fourth-order valence-electron chi connectivity index (χ4n) is 1.41. The van der Waals surface area contributed by atoms with E-state index in [-0.39, 0.29) is 0 Å². The molecule has 1 aromatic rings. The summed E-state index contributed by atoms with van der Waals surface area (Å²) in [6, 6.07) is 5.95. The monoisotopic (exact) mass is 224 g/mol. The third-order valence-electron chi connectivity index (χ3n) is 2.62. The molecule has 0 aliphatic heterocycles. The van der Waals surface area contributed by atoms with Gasteiger partial charge in [0.2, 0.25) is 0 Å². The Kier molecular flexibility index (Phi) is 5.46. The maximum Gasteiger partial charge on any atom is 0.102 e. The number of hydrogen-bond donors (Lipinski definition) is 1. The Labute approximate surface area is 97.0 Å². The van der Waals surface area contributed by atoms with Crippen LogP contribution >= 0.6 is 0 Å². The second-order valence-electron chi connectivity index (χ2n) is 3.93. The van der Waals surface area contributed by atoms with Crippen molar-refractivity contribution in [1.29, 1.82) is 0 Å². The number of rotatable bonds is 6. The van der Waals surface area contributed by atoms with E-state index in [0.717, 1.165) is 5.56 Å². The van der Waals surface area contributed by atoms with E-state index >= 15 is 0 Å². The van der Waals surface area contributed by atoms with Crippen LogP contribution in [0.15, 0.2) is 18.2 Å². The summed E-state index contributed by atoms with van der Waals surface area (Å²) in [6.07, 6.45) is -0.559. The molecule has 0 saturated carbocycles. The Morgan fingerprint density at radius 1 is 1.19 bits per heavy atom. The second-order valence-corrected chi connectivity index (χ2v) is 3.93. The van der Waals surface area contributed by atoms with Crippen molar-refractivity contribution in [3.63, 3.8) is 0 Å². The molecule has 16 heavy (non-hydrogen) atoms. The Bertz CT molecular complexity index is 323. The van der Waals surface area contributed by atoms with Crippen molar-refractivity contribution in [3.05, 3.63) is 34.9 Å². The van der Waals surface area contributed by atoms with Gasteiger partial charge in [0.1, 0.15) is 6.10 Å². The molecule has 0 aliphatic carbocycles. The molecule has 1 unspecified atom stereocenters. The van der Waals surface area contributed by atoms with Crippen molar-refractivity contribution in [3.8, 4) is 0 Å². The van der Waals surface area contributed by atoms with E-state index < -0.39 is 6.10 Å². The predicted molar refractivity (Wildman–Crippen MR) is 63.6 cm³/mol. The zero-order valence-corrected chi connectivity index (χ0v) is 10.2. The molecular formula is C13H20O3. The molecule has 0 radical (unpaired) electrons. The number of benzene rings is 1. The van der Waals surface area contributed by atoms with Crippen LogP contribution in [0.5, 0.6) is 0 Å². The van der Waals surface area contributed by atoms with Crippen molar-refractivity contribution < 1.29 is 14.6 Å². The van der Waals surface area contributed by atoms with Gasteiger partial charge in [-0.3, -0.25) is 0 Å². The molecule has 1 rings (SSSR count). The molecular weight excluding hydrogens is 204 g/mol. The van der Waals surface area contributed by atoms with Crippen LogP contribution in [0.25, 0.3) is 0 Å². The van der Waals surface area contributed by atoms with Gasteiger partial charge in [-0.25, -0.2) is 0 Å². The van der Waals surface area contributed by atoms with Crippen molar-refractivity contribution in [2.75, 3.05) is 26.9 Å². The molecule has 1 atom stereocenters. The molecule has 0 fully saturated rings. The molecule has 90 valence electrons. The third kappa shape index (κ3) is 3.93. The SMILES string of the molecule is COCCOCC(O)c1ccc(C)c(C)c1. The Morgan fingerprint density at radius 2 is 1.94 bits per heavy atom. The lowest BCUT2D eigenvalue weighted by Gasteiger charge is -2.13. The van der Waals surface area contributed by atoms with Crippen LogP contribution in [0.3, 0.4) is 0 Å². The first-order valence-corrected chi connectivity index (χ1v) is 5.47. The number of aliphatic hydroxyl groups is 1. The van der Waals surface area contributed by atoms with Crippen LogP contribution < -0.4 is 0 Å². The highest BCUT2D eigenvalue weighted by atomic mass is 16.5. The van der Waals surface area contributed by atoms with Crippen molar-refractivity contribution in [2.45, 2.75) is 20.0 Å². The molecule has 0 bridgehead atoms. The Balaban J connectivity index is 2.46. The number of hydrogen-bond acceptors (Lipinski definition) is 3. The minimum absolute atomic E-state index is 0.311. The van der Waals surface area contributed by atoms with E-state index in [1.54, 1.807) is 7.11 Å². The van der Waals surface area contributed by atoms with Gasteiger partial charge in [0, 0.05) is 7.11 Å². The fourth-order valence-corrected chi connectivity index (χ4v) is 1.41. The number of aliphatic hydroxyl groups excluding tert-OH is 1. The van der Waals surface area contributed by atoms with E-state index in [4.69, 9.17) is 9.47 Å². The van der Waals surface area contributed by atoms with Gasteiger partial charge in [0.15, 0.2) is 0 Å². The lowest BCUT2D eigenvalue weighted by atomic mass is 10.0. The highest BCUT2D eigenvalue weighted by molar-refractivity contribution is 5.31. The number of methoxy groups -OCH3 is 1. The first-order valence-electron chi connectivity index (χ1n) is 5.47. The first kappa shape index (κ1) is 13.2. The van der Waals surface area contributed by atoms with Gasteiger partial charge in [-0.2, -0.15) is 0 Å². The smallest absolute Gasteiger partial charge is 0.102 e. The number of aryl methyl sites for hydroxylation is 2. The Morgan fingerprint density at radius 3 is 2.56 bits per heavy atom. The van der Waals surface area contributed by atoms with Crippen LogP contribution in [-0.2, 0) is 9.47 Å². The molecule has 0 spiro atoms. The van der Waals surface area contributed by atoms with Crippen molar-refractivity contribution >= 4 is 0 Å². The molecule has 1 aromatic carbocycles. The van der Waals surface area contributed by atoms with Gasteiger partial charge >= 0.3 is 0 Å². The largest absolute Gasteiger partial charge is 0.386 e. The average molecular weight is 224 g/mol. The van der Waals surface area contributed by atoms with Gasteiger partial charge in [0.25, 0.3) is 0 Å². The summed E-state index contributed by atoms with van der Waals surface area (Å²) in [4.78, 5) is 0. The first-order chi connectivity index (χ1) is 7.65. The maximum absolute atomic E-state index is 9.87. The van der Waals surface area contributed by atoms with Crippen molar-refractivity contribution in [2.24, 2.45) is 0 Å². The van der Waals surface area contributed by atoms with Crippen LogP contribution in [0.2, 0.25) is 0 Å². The van der Waals surface area contributed by atoms with Gasteiger partial charge in [-0.05, 0) is 30.5 Å². The summed E-state index contributed by atoms with van der Waals surface area (Å²) in [5, 5.41) is 9.87. The molecule has 0 heterocycles. The number of ether oxygens (including phenoxy) is 2. The van der Waals surface area contributed by atoms with E-state index in [2.05, 4.69) is 6.92 Å². The molecule has 0 aliphatic rings. The summed E-state index contributed by atoms with van der Waals surface area (Å²) >= 11 is 0. The highest BCUT2D eigenvalue weighted by Gasteiger charge is 2.08. The molecule has 1 N–H and O–H groups in total. The summed E-state index contributed by atoms with van der Waals surface area (Å²) in [7, 11) is 1.63. The standard InChI is InChI=1S/C13H20O3/c1-10-4-5-12(8-11(10)2)13(14)9-16-7-6-15-3/h4-5,8,13-14H,6-7,9H2,1-3H3. The fraction of sp³-hybridized carbons (Fsp3) is 0.538. The van der Waals surface area contributed by atoms with E-state index in [9.17, 15) is 5.11 Å². The topological polar surface area (TPSA) is 38.7 Å². The van der Waals surface area contributed by atoms with Crippen LogP contribution in [-0.4, -0.2) is 32.0 Å². The lowest BCUT2D eigenvalue weighted by Crippen LogP contribution is -2.10. The van der Waals surface area contributed by atoms with Crippen LogP contribution in [0, 0.1) is 13.8 Å². The van der Waals surface area contributed by atoms with Crippen LogP contribution in [0.1, 0.15) is 22.8 Å².